The molecule has 2 atom stereocenters. The van der Waals surface area contributed by atoms with Gasteiger partial charge in [-0.05, 0) is 35.9 Å². The van der Waals surface area contributed by atoms with Crippen molar-refractivity contribution >= 4 is 61.6 Å². The average molecular weight is 485 g/mol. The largest absolute Gasteiger partial charge is 0.495 e. The van der Waals surface area contributed by atoms with E-state index in [0.29, 0.717) is 26.6 Å². The Morgan fingerprint density at radius 3 is 2.57 bits per heavy atom. The molecule has 4 rings (SSSR count). The predicted octanol–water partition coefficient (Wildman–Crippen LogP) is 3.85. The highest BCUT2D eigenvalue weighted by molar-refractivity contribution is 8.16. The van der Waals surface area contributed by atoms with Gasteiger partial charge in [0.05, 0.1) is 36.8 Å². The summed E-state index contributed by atoms with van der Waals surface area (Å²) < 4.78 is 29.9. The van der Waals surface area contributed by atoms with Gasteiger partial charge in [0.25, 0.3) is 5.91 Å². The van der Waals surface area contributed by atoms with Crippen LogP contribution < -0.4 is 9.64 Å². The van der Waals surface area contributed by atoms with Crippen molar-refractivity contribution in [3.63, 3.8) is 0 Å². The Labute approximate surface area is 189 Å². The lowest BCUT2D eigenvalue weighted by Gasteiger charge is -2.26. The number of anilines is 1. The molecule has 1 amide bonds. The maximum Gasteiger partial charge on any atom is 0.252 e. The Morgan fingerprint density at radius 1 is 1.17 bits per heavy atom. The standard InChI is InChI=1S/C20H18Cl2N2O4S2/c1-28-17-7-6-14(22)9-15(17)24-16-10-30(26,27)11-18(16)29-20(24)23-19(25)8-12-2-4-13(21)5-3-12/h2-7,9,16,18H,8,10-11H2,1H3. The highest BCUT2D eigenvalue weighted by atomic mass is 35.5. The van der Waals surface area contributed by atoms with Gasteiger partial charge in [0.15, 0.2) is 15.0 Å². The third-order valence-electron chi connectivity index (χ3n) is 4.96. The fourth-order valence-corrected chi connectivity index (χ4v) is 7.84. The molecule has 2 fully saturated rings. The van der Waals surface area contributed by atoms with E-state index >= 15 is 0 Å². The van der Waals surface area contributed by atoms with E-state index in [1.807, 2.05) is 0 Å². The van der Waals surface area contributed by atoms with Crippen molar-refractivity contribution in [2.75, 3.05) is 23.5 Å². The van der Waals surface area contributed by atoms with Crippen LogP contribution in [0.3, 0.4) is 0 Å². The smallest absolute Gasteiger partial charge is 0.252 e. The number of benzene rings is 2. The normalized spacial score (nSPS) is 23.6. The van der Waals surface area contributed by atoms with E-state index in [4.69, 9.17) is 27.9 Å². The van der Waals surface area contributed by atoms with Crippen LogP contribution in [0.25, 0.3) is 0 Å². The van der Waals surface area contributed by atoms with E-state index in [0.717, 1.165) is 5.56 Å². The number of nitrogens with zero attached hydrogens (tertiary/aromatic N) is 2. The van der Waals surface area contributed by atoms with Gasteiger partial charge in [-0.15, -0.1) is 0 Å². The number of amides is 1. The van der Waals surface area contributed by atoms with Crippen molar-refractivity contribution < 1.29 is 17.9 Å². The number of carbonyl (C=O) groups excluding carboxylic acids is 1. The van der Waals surface area contributed by atoms with Crippen molar-refractivity contribution in [2.24, 2.45) is 4.99 Å². The zero-order valence-corrected chi connectivity index (χ0v) is 19.1. The third kappa shape index (κ3) is 4.46. The number of rotatable bonds is 4. The van der Waals surface area contributed by atoms with Crippen LogP contribution in [0.1, 0.15) is 5.56 Å². The summed E-state index contributed by atoms with van der Waals surface area (Å²) in [5.41, 5.74) is 1.39. The number of fused-ring (bicyclic) bond motifs is 1. The lowest BCUT2D eigenvalue weighted by Crippen LogP contribution is -2.38. The first-order valence-corrected chi connectivity index (χ1v) is 12.6. The second-order valence-corrected chi connectivity index (χ2v) is 11.3. The second-order valence-electron chi connectivity index (χ2n) is 7.08. The van der Waals surface area contributed by atoms with Crippen molar-refractivity contribution in [2.45, 2.75) is 17.7 Å². The minimum absolute atomic E-state index is 0.00920. The number of thioether (sulfide) groups is 1. The number of amidine groups is 1. The Kier molecular flexibility index (Phi) is 6.03. The number of sulfone groups is 1. The molecule has 0 N–H and O–H groups in total. The third-order valence-corrected chi connectivity index (χ3v) is 8.65. The first-order chi connectivity index (χ1) is 14.3. The summed E-state index contributed by atoms with van der Waals surface area (Å²) in [7, 11) is -1.64. The highest BCUT2D eigenvalue weighted by Crippen LogP contribution is 2.44. The summed E-state index contributed by atoms with van der Waals surface area (Å²) in [5.74, 6) is 0.244. The topological polar surface area (TPSA) is 76.0 Å². The van der Waals surface area contributed by atoms with Gasteiger partial charge in [-0.25, -0.2) is 8.42 Å². The quantitative estimate of drug-likeness (QED) is 0.655. The number of ether oxygens (including phenoxy) is 1. The number of hydrogen-bond acceptors (Lipinski definition) is 5. The molecule has 2 aliphatic rings. The fraction of sp³-hybridized carbons (Fsp3) is 0.300. The minimum Gasteiger partial charge on any atom is -0.495 e. The molecule has 0 aliphatic carbocycles. The molecule has 2 unspecified atom stereocenters. The maximum atomic E-state index is 12.7. The molecule has 2 aromatic rings. The van der Waals surface area contributed by atoms with Crippen LogP contribution in [0, 0.1) is 0 Å². The Bertz CT molecular complexity index is 1120. The lowest BCUT2D eigenvalue weighted by atomic mass is 10.1. The molecule has 2 aromatic carbocycles. The molecule has 30 heavy (non-hydrogen) atoms. The molecule has 0 saturated carbocycles. The SMILES string of the molecule is COc1ccc(Cl)cc1N1C(=NC(=O)Cc2ccc(Cl)cc2)SC2CS(=O)(=O)CC21. The zero-order chi connectivity index (χ0) is 21.5. The van der Waals surface area contributed by atoms with E-state index in [-0.39, 0.29) is 35.1 Å². The van der Waals surface area contributed by atoms with Crippen LogP contribution in [0.4, 0.5) is 5.69 Å². The van der Waals surface area contributed by atoms with Crippen molar-refractivity contribution in [3.8, 4) is 5.75 Å². The number of hydrogen-bond donors (Lipinski definition) is 0. The summed E-state index contributed by atoms with van der Waals surface area (Å²) in [4.78, 5) is 18.8. The lowest BCUT2D eigenvalue weighted by molar-refractivity contribution is -0.117. The Hall–Kier alpha value is -1.74. The van der Waals surface area contributed by atoms with Crippen LogP contribution in [0.15, 0.2) is 47.5 Å². The average Bonchev–Trinajstić information content (AvgIpc) is 3.14. The fourth-order valence-electron chi connectivity index (χ4n) is 3.62. The molecule has 0 spiro atoms. The van der Waals surface area contributed by atoms with Gasteiger partial charge >= 0.3 is 0 Å². The molecular formula is C20H18Cl2N2O4S2. The summed E-state index contributed by atoms with van der Waals surface area (Å²) in [6.45, 7) is 0. The molecule has 6 nitrogen and oxygen atoms in total. The summed E-state index contributed by atoms with van der Waals surface area (Å²) in [6, 6.07) is 11.8. The summed E-state index contributed by atoms with van der Waals surface area (Å²) >= 11 is 13.4. The first kappa shape index (κ1) is 21.5. The van der Waals surface area contributed by atoms with Gasteiger partial charge in [0.2, 0.25) is 0 Å². The number of halogens is 2. The van der Waals surface area contributed by atoms with E-state index < -0.39 is 9.84 Å². The molecule has 2 saturated heterocycles. The summed E-state index contributed by atoms with van der Waals surface area (Å²) in [5, 5.41) is 1.32. The number of aliphatic imine (C=N–C) groups is 1. The van der Waals surface area contributed by atoms with Gasteiger partial charge in [-0.1, -0.05) is 47.1 Å². The zero-order valence-electron chi connectivity index (χ0n) is 15.9. The van der Waals surface area contributed by atoms with Gasteiger partial charge in [-0.3, -0.25) is 4.79 Å². The van der Waals surface area contributed by atoms with E-state index in [9.17, 15) is 13.2 Å². The molecule has 158 valence electrons. The molecule has 2 aliphatic heterocycles. The highest BCUT2D eigenvalue weighted by Gasteiger charge is 2.50. The van der Waals surface area contributed by atoms with Crippen LogP contribution in [0.2, 0.25) is 10.0 Å². The Morgan fingerprint density at radius 2 is 1.87 bits per heavy atom. The minimum atomic E-state index is -3.17. The van der Waals surface area contributed by atoms with Crippen LogP contribution >= 0.6 is 35.0 Å². The molecule has 2 heterocycles. The van der Waals surface area contributed by atoms with Crippen molar-refractivity contribution in [3.05, 3.63) is 58.1 Å². The first-order valence-electron chi connectivity index (χ1n) is 9.11. The van der Waals surface area contributed by atoms with Crippen LogP contribution in [0.5, 0.6) is 5.75 Å². The second kappa shape index (κ2) is 8.42. The van der Waals surface area contributed by atoms with Crippen molar-refractivity contribution in [1.29, 1.82) is 0 Å². The maximum absolute atomic E-state index is 12.7. The molecule has 10 heteroatoms. The predicted molar refractivity (Wildman–Crippen MR) is 122 cm³/mol. The van der Waals surface area contributed by atoms with E-state index in [2.05, 4.69) is 4.99 Å². The summed E-state index contributed by atoms with van der Waals surface area (Å²) in [6.07, 6.45) is 0.120. The molecule has 0 radical (unpaired) electrons. The van der Waals surface area contributed by atoms with Gasteiger partial charge in [0.1, 0.15) is 5.75 Å². The van der Waals surface area contributed by atoms with Gasteiger partial charge in [-0.2, -0.15) is 4.99 Å². The monoisotopic (exact) mass is 484 g/mol. The van der Waals surface area contributed by atoms with Gasteiger partial charge < -0.3 is 9.64 Å². The molecule has 0 bridgehead atoms. The van der Waals surface area contributed by atoms with E-state index in [1.54, 1.807) is 47.4 Å². The molecule has 0 aromatic heterocycles. The molecular weight excluding hydrogens is 467 g/mol. The Balaban J connectivity index is 1.69. The number of carbonyl (C=O) groups is 1. The van der Waals surface area contributed by atoms with Gasteiger partial charge in [0, 0.05) is 15.3 Å². The van der Waals surface area contributed by atoms with E-state index in [1.165, 1.54) is 18.9 Å². The number of methoxy groups -OCH3 is 1. The van der Waals surface area contributed by atoms with Crippen molar-refractivity contribution in [1.82, 2.24) is 0 Å². The van der Waals surface area contributed by atoms with Crippen LogP contribution in [-0.4, -0.2) is 49.4 Å². The van der Waals surface area contributed by atoms with Crippen LogP contribution in [-0.2, 0) is 21.1 Å².